The van der Waals surface area contributed by atoms with E-state index in [1.54, 1.807) is 13.8 Å². The lowest BCUT2D eigenvalue weighted by Gasteiger charge is -2.29. The highest BCUT2D eigenvalue weighted by Crippen LogP contribution is 2.16. The number of nitrogens with two attached hydrogens (primary N) is 1. The first-order valence-corrected chi connectivity index (χ1v) is 4.96. The van der Waals surface area contributed by atoms with E-state index < -0.39 is 28.2 Å². The van der Waals surface area contributed by atoms with Crippen LogP contribution in [-0.4, -0.2) is 33.3 Å². The molecule has 0 rings (SSSR count). The fraction of sp³-hybridized carbons (Fsp3) is 0.778. The Hall–Kier alpha value is -0.460. The Morgan fingerprint density at radius 3 is 1.94 bits per heavy atom. The summed E-state index contributed by atoms with van der Waals surface area (Å²) >= 11 is 4.16. The number of amides is 1. The number of carbonyl (C=O) groups excluding carboxylic acids is 1. The Morgan fingerprint density at radius 2 is 1.69 bits per heavy atom. The number of hydrogen-bond acceptors (Lipinski definition) is 4. The molecule has 0 aliphatic heterocycles. The van der Waals surface area contributed by atoms with Crippen molar-refractivity contribution in [2.75, 3.05) is 0 Å². The van der Waals surface area contributed by atoms with Crippen LogP contribution in [0.25, 0.3) is 0 Å². The second-order valence-electron chi connectivity index (χ2n) is 4.55. The van der Waals surface area contributed by atoms with Crippen molar-refractivity contribution in [3.05, 3.63) is 0 Å². The Balaban J connectivity index is 0. The van der Waals surface area contributed by atoms with Crippen LogP contribution in [0.15, 0.2) is 0 Å². The molecule has 0 aliphatic carbocycles. The van der Waals surface area contributed by atoms with E-state index in [1.165, 1.54) is 13.8 Å². The minimum Gasteiger partial charge on any atom is -0.480 e. The summed E-state index contributed by atoms with van der Waals surface area (Å²) in [5.74, 6) is -1.64. The molecule has 1 amide bonds. The largest absolute Gasteiger partial charge is 0.480 e. The molecule has 0 saturated carbocycles. The maximum atomic E-state index is 11.6. The molecular formula is C9H19ClN2O3S. The van der Waals surface area contributed by atoms with Crippen LogP contribution in [0.2, 0.25) is 0 Å². The molecule has 0 fully saturated rings. The average Bonchev–Trinajstić information content (AvgIpc) is 2.00. The molecule has 0 heterocycles. The first kappa shape index (κ1) is 17.9. The third kappa shape index (κ3) is 5.05. The number of aliphatic carboxylic acids is 1. The van der Waals surface area contributed by atoms with Gasteiger partial charge >= 0.3 is 5.97 Å². The molecule has 0 radical (unpaired) electrons. The lowest BCUT2D eigenvalue weighted by Crippen LogP contribution is -2.58. The lowest BCUT2D eigenvalue weighted by molar-refractivity contribution is -0.146. The van der Waals surface area contributed by atoms with Crippen LogP contribution >= 0.6 is 25.0 Å². The van der Waals surface area contributed by atoms with Crippen LogP contribution in [0.3, 0.4) is 0 Å². The summed E-state index contributed by atoms with van der Waals surface area (Å²) in [6.07, 6.45) is 0. The van der Waals surface area contributed by atoms with E-state index in [-0.39, 0.29) is 12.4 Å². The molecule has 0 aromatic heterocycles. The third-order valence-electron chi connectivity index (χ3n) is 2.01. The van der Waals surface area contributed by atoms with Gasteiger partial charge in [0.05, 0.1) is 6.04 Å². The van der Waals surface area contributed by atoms with Gasteiger partial charge in [-0.2, -0.15) is 12.6 Å². The number of halogens is 1. The van der Waals surface area contributed by atoms with Crippen LogP contribution < -0.4 is 11.1 Å². The van der Waals surface area contributed by atoms with Crippen LogP contribution in [0, 0.1) is 0 Å². The smallest absolute Gasteiger partial charge is 0.328 e. The summed E-state index contributed by atoms with van der Waals surface area (Å²) in [7, 11) is 0. The van der Waals surface area contributed by atoms with E-state index in [9.17, 15) is 9.59 Å². The van der Waals surface area contributed by atoms with Gasteiger partial charge in [0.25, 0.3) is 0 Å². The summed E-state index contributed by atoms with van der Waals surface area (Å²) in [4.78, 5) is 22.3. The molecule has 1 atom stereocenters. The van der Waals surface area contributed by atoms with Crippen molar-refractivity contribution in [2.45, 2.75) is 44.0 Å². The Morgan fingerprint density at radius 1 is 1.31 bits per heavy atom. The summed E-state index contributed by atoms with van der Waals surface area (Å²) in [5, 5.41) is 11.1. The molecule has 96 valence electrons. The monoisotopic (exact) mass is 270 g/mol. The van der Waals surface area contributed by atoms with Gasteiger partial charge in [-0.3, -0.25) is 4.79 Å². The highest BCUT2D eigenvalue weighted by molar-refractivity contribution is 7.81. The van der Waals surface area contributed by atoms with E-state index in [1.807, 2.05) is 0 Å². The minimum atomic E-state index is -1.33. The van der Waals surface area contributed by atoms with E-state index in [0.717, 1.165) is 0 Å². The molecule has 0 aromatic carbocycles. The lowest BCUT2D eigenvalue weighted by atomic mass is 10.0. The van der Waals surface area contributed by atoms with Crippen molar-refractivity contribution in [2.24, 2.45) is 5.73 Å². The van der Waals surface area contributed by atoms with Crippen molar-refractivity contribution in [3.63, 3.8) is 0 Å². The van der Waals surface area contributed by atoms with Crippen molar-refractivity contribution >= 4 is 36.9 Å². The molecular weight excluding hydrogens is 252 g/mol. The molecule has 0 aliphatic rings. The Kier molecular flexibility index (Phi) is 6.43. The molecule has 0 saturated heterocycles. The zero-order valence-electron chi connectivity index (χ0n) is 9.77. The number of carboxylic acid groups (broad SMARTS) is 1. The van der Waals surface area contributed by atoms with Crippen molar-refractivity contribution in [3.8, 4) is 0 Å². The topological polar surface area (TPSA) is 92.4 Å². The van der Waals surface area contributed by atoms with E-state index in [0.29, 0.717) is 0 Å². The molecule has 5 nitrogen and oxygen atoms in total. The van der Waals surface area contributed by atoms with Crippen molar-refractivity contribution in [1.82, 2.24) is 5.32 Å². The minimum absolute atomic E-state index is 0. The predicted octanol–water partition coefficient (Wildman–Crippen LogP) is 0.423. The summed E-state index contributed by atoms with van der Waals surface area (Å²) < 4.78 is -0.696. The molecule has 7 heteroatoms. The predicted molar refractivity (Wildman–Crippen MR) is 68.1 cm³/mol. The van der Waals surface area contributed by atoms with Gasteiger partial charge in [-0.15, -0.1) is 12.4 Å². The van der Waals surface area contributed by atoms with Gasteiger partial charge < -0.3 is 16.2 Å². The van der Waals surface area contributed by atoms with Gasteiger partial charge in [-0.25, -0.2) is 4.79 Å². The van der Waals surface area contributed by atoms with Gasteiger partial charge in [-0.05, 0) is 27.7 Å². The van der Waals surface area contributed by atoms with E-state index in [2.05, 4.69) is 17.9 Å². The quantitative estimate of drug-likeness (QED) is 0.557. The van der Waals surface area contributed by atoms with Gasteiger partial charge in [0.15, 0.2) is 0 Å². The maximum absolute atomic E-state index is 11.6. The molecule has 0 bridgehead atoms. The number of nitrogens with one attached hydrogen (secondary N) is 1. The number of hydrogen-bond donors (Lipinski definition) is 4. The van der Waals surface area contributed by atoms with Crippen molar-refractivity contribution in [1.29, 1.82) is 0 Å². The zero-order chi connectivity index (χ0) is 12.4. The fourth-order valence-electron chi connectivity index (χ4n) is 0.760. The fourth-order valence-corrected chi connectivity index (χ4v) is 0.877. The molecule has 0 spiro atoms. The highest BCUT2D eigenvalue weighted by Gasteiger charge is 2.35. The second-order valence-corrected chi connectivity index (χ2v) is 5.70. The summed E-state index contributed by atoms with van der Waals surface area (Å²) in [6.45, 7) is 6.17. The SMILES string of the molecule is CC(C)(NC(=O)[C@H](N)C(C)(C)S)C(=O)O.Cl. The third-order valence-corrected chi connectivity index (χ3v) is 2.29. The van der Waals surface area contributed by atoms with Gasteiger partial charge in [0.2, 0.25) is 5.91 Å². The second kappa shape index (κ2) is 5.75. The standard InChI is InChI=1S/C9H18N2O3S.ClH/c1-8(2,7(13)14)11-6(12)5(10)9(3,4)15;/h5,15H,10H2,1-4H3,(H,11,12)(H,13,14);1H/t5-;/m0./s1. The maximum Gasteiger partial charge on any atom is 0.328 e. The summed E-state index contributed by atoms with van der Waals surface area (Å²) in [6, 6.07) is -0.862. The van der Waals surface area contributed by atoms with E-state index in [4.69, 9.17) is 10.8 Å². The first-order chi connectivity index (χ1) is 6.48. The summed E-state index contributed by atoms with van der Waals surface area (Å²) in [5.41, 5.74) is 4.29. The van der Waals surface area contributed by atoms with Crippen molar-refractivity contribution < 1.29 is 14.7 Å². The molecule has 16 heavy (non-hydrogen) atoms. The number of thiol groups is 1. The van der Waals surface area contributed by atoms with Crippen LogP contribution in [-0.2, 0) is 9.59 Å². The van der Waals surface area contributed by atoms with Crippen LogP contribution in [0.4, 0.5) is 0 Å². The normalized spacial score (nSPS) is 13.6. The number of rotatable bonds is 4. The van der Waals surface area contributed by atoms with Crippen LogP contribution in [0.5, 0.6) is 0 Å². The molecule has 0 aromatic rings. The zero-order valence-corrected chi connectivity index (χ0v) is 11.5. The van der Waals surface area contributed by atoms with Gasteiger partial charge in [-0.1, -0.05) is 0 Å². The number of carboxylic acids is 1. The highest BCUT2D eigenvalue weighted by atomic mass is 35.5. The Labute approximate surface area is 107 Å². The average molecular weight is 271 g/mol. The van der Waals surface area contributed by atoms with E-state index >= 15 is 0 Å². The number of carbonyl (C=O) groups is 2. The molecule has 0 unspecified atom stereocenters. The van der Waals surface area contributed by atoms with Gasteiger partial charge in [0.1, 0.15) is 5.54 Å². The van der Waals surface area contributed by atoms with Gasteiger partial charge in [0, 0.05) is 4.75 Å². The molecule has 4 N–H and O–H groups in total. The Bertz CT molecular complexity index is 276. The first-order valence-electron chi connectivity index (χ1n) is 4.52. The van der Waals surface area contributed by atoms with Crippen LogP contribution in [0.1, 0.15) is 27.7 Å².